The zero-order chi connectivity index (χ0) is 20.2. The molecule has 0 aromatic carbocycles. The summed E-state index contributed by atoms with van der Waals surface area (Å²) in [6.07, 6.45) is 9.08. The van der Waals surface area contributed by atoms with Crippen LogP contribution in [0.25, 0.3) is 44.7 Å². The third-order valence-electron chi connectivity index (χ3n) is 5.47. The number of halogens is 1. The van der Waals surface area contributed by atoms with Crippen LogP contribution in [0.2, 0.25) is 0 Å². The zero-order valence-corrected chi connectivity index (χ0v) is 15.8. The molecule has 1 fully saturated rings. The van der Waals surface area contributed by atoms with Crippen molar-refractivity contribution < 1.29 is 4.39 Å². The van der Waals surface area contributed by atoms with Gasteiger partial charge in [0.25, 0.3) is 0 Å². The lowest BCUT2D eigenvalue weighted by Crippen LogP contribution is -2.01. The number of hydrogen-bond acceptors (Lipinski definition) is 6. The minimum absolute atomic E-state index is 0.235. The summed E-state index contributed by atoms with van der Waals surface area (Å²) in [5.41, 5.74) is 10.3. The molecule has 30 heavy (non-hydrogen) atoms. The van der Waals surface area contributed by atoms with Crippen molar-refractivity contribution in [3.05, 3.63) is 60.4 Å². The number of nitrogen functional groups attached to an aromatic ring is 1. The molecule has 0 spiro atoms. The van der Waals surface area contributed by atoms with Crippen LogP contribution >= 0.6 is 0 Å². The molecule has 5 aromatic rings. The number of rotatable bonds is 3. The van der Waals surface area contributed by atoms with Crippen molar-refractivity contribution in [1.29, 1.82) is 0 Å². The van der Waals surface area contributed by atoms with Crippen LogP contribution in [0.15, 0.2) is 49.1 Å². The van der Waals surface area contributed by atoms with Crippen molar-refractivity contribution in [2.24, 2.45) is 0 Å². The Hall–Kier alpha value is -3.94. The lowest BCUT2D eigenvalue weighted by molar-refractivity contribution is 0.625. The van der Waals surface area contributed by atoms with E-state index in [4.69, 9.17) is 10.7 Å². The van der Waals surface area contributed by atoms with Gasteiger partial charge in [-0.1, -0.05) is 0 Å². The number of nitrogens with zero attached hydrogens (tertiary/aromatic N) is 5. The van der Waals surface area contributed by atoms with E-state index in [2.05, 4.69) is 24.9 Å². The Morgan fingerprint density at radius 3 is 2.80 bits per heavy atom. The van der Waals surface area contributed by atoms with Gasteiger partial charge >= 0.3 is 0 Å². The SMILES string of the molecule is Nc1nc(-c2ccnc3[nH]c(-c4ncccc4F)cc23)nc2cncc(C3CC3)c12. The van der Waals surface area contributed by atoms with Gasteiger partial charge in [0, 0.05) is 34.9 Å². The van der Waals surface area contributed by atoms with Crippen LogP contribution in [0, 0.1) is 5.82 Å². The van der Waals surface area contributed by atoms with E-state index in [0.29, 0.717) is 28.9 Å². The largest absolute Gasteiger partial charge is 0.383 e. The van der Waals surface area contributed by atoms with Crippen LogP contribution in [-0.2, 0) is 0 Å². The molecular weight excluding hydrogens is 381 g/mol. The van der Waals surface area contributed by atoms with Crippen LogP contribution in [0.1, 0.15) is 24.3 Å². The Balaban J connectivity index is 1.55. The highest BCUT2D eigenvalue weighted by molar-refractivity contribution is 5.97. The topological polar surface area (TPSA) is 106 Å². The van der Waals surface area contributed by atoms with Gasteiger partial charge < -0.3 is 10.7 Å². The number of nitrogens with two attached hydrogens (primary N) is 1. The van der Waals surface area contributed by atoms with Crippen molar-refractivity contribution in [2.75, 3.05) is 5.73 Å². The maximum Gasteiger partial charge on any atom is 0.163 e. The molecule has 0 radical (unpaired) electrons. The Kier molecular flexibility index (Phi) is 3.55. The molecular formula is C22H16FN7. The van der Waals surface area contributed by atoms with Gasteiger partial charge in [0.1, 0.15) is 17.2 Å². The van der Waals surface area contributed by atoms with E-state index in [-0.39, 0.29) is 5.69 Å². The summed E-state index contributed by atoms with van der Waals surface area (Å²) < 4.78 is 14.2. The fourth-order valence-corrected chi connectivity index (χ4v) is 3.90. The Labute approximate surface area is 170 Å². The van der Waals surface area contributed by atoms with E-state index in [1.165, 1.54) is 6.07 Å². The van der Waals surface area contributed by atoms with E-state index >= 15 is 0 Å². The number of pyridine rings is 3. The molecule has 146 valence electrons. The van der Waals surface area contributed by atoms with Gasteiger partial charge in [-0.3, -0.25) is 9.97 Å². The predicted molar refractivity (Wildman–Crippen MR) is 112 cm³/mol. The number of aromatic amines is 1. The Morgan fingerprint density at radius 2 is 1.97 bits per heavy atom. The summed E-state index contributed by atoms with van der Waals surface area (Å²) in [6.45, 7) is 0. The highest BCUT2D eigenvalue weighted by Crippen LogP contribution is 2.44. The van der Waals surface area contributed by atoms with Gasteiger partial charge in [-0.15, -0.1) is 0 Å². The fraction of sp³-hybridized carbons (Fsp3) is 0.136. The molecule has 8 heteroatoms. The summed E-state index contributed by atoms with van der Waals surface area (Å²) in [7, 11) is 0. The highest BCUT2D eigenvalue weighted by Gasteiger charge is 2.27. The summed E-state index contributed by atoms with van der Waals surface area (Å²) in [5.74, 6) is 1.01. The average molecular weight is 397 g/mol. The monoisotopic (exact) mass is 397 g/mol. The first-order valence-electron chi connectivity index (χ1n) is 9.69. The summed E-state index contributed by atoms with van der Waals surface area (Å²) in [6, 6.07) is 6.57. The molecule has 0 atom stereocenters. The van der Waals surface area contributed by atoms with Crippen LogP contribution in [0.3, 0.4) is 0 Å². The maximum absolute atomic E-state index is 14.2. The molecule has 0 aliphatic heterocycles. The number of nitrogens with one attached hydrogen (secondary N) is 1. The summed E-state index contributed by atoms with van der Waals surface area (Å²) in [5, 5.41) is 1.65. The molecule has 0 amide bonds. The lowest BCUT2D eigenvalue weighted by Gasteiger charge is -2.09. The number of H-pyrrole nitrogens is 1. The van der Waals surface area contributed by atoms with Crippen LogP contribution in [-0.4, -0.2) is 29.9 Å². The van der Waals surface area contributed by atoms with Crippen LogP contribution < -0.4 is 5.73 Å². The van der Waals surface area contributed by atoms with Gasteiger partial charge in [0.05, 0.1) is 17.4 Å². The molecule has 1 aliphatic carbocycles. The average Bonchev–Trinajstić information content (AvgIpc) is 3.51. The standard InChI is InChI=1S/C22H16FN7/c23-15-2-1-6-26-19(15)16-8-13-12(5-7-27-21(13)28-16)22-29-17-10-25-9-14(11-3-4-11)18(17)20(24)30-22/h1-2,5-11H,3-4H2,(H,27,28)(H2,24,29,30). The van der Waals surface area contributed by atoms with Crippen molar-refractivity contribution in [3.63, 3.8) is 0 Å². The minimum Gasteiger partial charge on any atom is -0.383 e. The molecule has 1 saturated carbocycles. The number of hydrogen-bond donors (Lipinski definition) is 2. The first kappa shape index (κ1) is 17.0. The lowest BCUT2D eigenvalue weighted by atomic mass is 10.1. The van der Waals surface area contributed by atoms with E-state index in [0.717, 1.165) is 40.3 Å². The maximum atomic E-state index is 14.2. The normalized spacial score (nSPS) is 13.9. The first-order valence-corrected chi connectivity index (χ1v) is 9.69. The fourth-order valence-electron chi connectivity index (χ4n) is 3.90. The zero-order valence-electron chi connectivity index (χ0n) is 15.8. The quantitative estimate of drug-likeness (QED) is 0.472. The first-order chi connectivity index (χ1) is 14.7. The molecule has 0 bridgehead atoms. The smallest absolute Gasteiger partial charge is 0.163 e. The molecule has 5 heterocycles. The van der Waals surface area contributed by atoms with Gasteiger partial charge in [-0.05, 0) is 48.6 Å². The third-order valence-corrected chi connectivity index (χ3v) is 5.47. The minimum atomic E-state index is -0.407. The van der Waals surface area contributed by atoms with Gasteiger partial charge in [-0.25, -0.2) is 19.3 Å². The van der Waals surface area contributed by atoms with Crippen molar-refractivity contribution in [1.82, 2.24) is 29.9 Å². The molecule has 0 saturated heterocycles. The van der Waals surface area contributed by atoms with Gasteiger partial charge in [-0.2, -0.15) is 0 Å². The molecule has 1 aliphatic rings. The van der Waals surface area contributed by atoms with Crippen LogP contribution in [0.4, 0.5) is 10.2 Å². The number of anilines is 1. The Bertz CT molecular complexity index is 1440. The second-order valence-electron chi connectivity index (χ2n) is 7.47. The highest BCUT2D eigenvalue weighted by atomic mass is 19.1. The second-order valence-corrected chi connectivity index (χ2v) is 7.47. The van der Waals surface area contributed by atoms with Gasteiger partial charge in [0.2, 0.25) is 0 Å². The van der Waals surface area contributed by atoms with E-state index in [9.17, 15) is 4.39 Å². The summed E-state index contributed by atoms with van der Waals surface area (Å²) >= 11 is 0. The van der Waals surface area contributed by atoms with Gasteiger partial charge in [0.15, 0.2) is 11.6 Å². The predicted octanol–water partition coefficient (Wildman–Crippen LogP) is 4.23. The molecule has 6 rings (SSSR count). The van der Waals surface area contributed by atoms with E-state index in [1.54, 1.807) is 24.7 Å². The number of aromatic nitrogens is 6. The van der Waals surface area contributed by atoms with Crippen LogP contribution in [0.5, 0.6) is 0 Å². The molecule has 7 nitrogen and oxygen atoms in total. The van der Waals surface area contributed by atoms with Crippen molar-refractivity contribution in [3.8, 4) is 22.8 Å². The molecule has 3 N–H and O–H groups in total. The second kappa shape index (κ2) is 6.28. The third kappa shape index (κ3) is 2.61. The van der Waals surface area contributed by atoms with E-state index < -0.39 is 5.82 Å². The Morgan fingerprint density at radius 1 is 1.07 bits per heavy atom. The molecule has 5 aromatic heterocycles. The number of fused-ring (bicyclic) bond motifs is 2. The molecule has 0 unspecified atom stereocenters. The summed E-state index contributed by atoms with van der Waals surface area (Å²) in [4.78, 5) is 25.3. The van der Waals surface area contributed by atoms with Crippen molar-refractivity contribution >= 4 is 27.8 Å². The van der Waals surface area contributed by atoms with Crippen molar-refractivity contribution in [2.45, 2.75) is 18.8 Å². The van der Waals surface area contributed by atoms with E-state index in [1.807, 2.05) is 18.3 Å².